The van der Waals surface area contributed by atoms with Crippen LogP contribution in [0.3, 0.4) is 0 Å². The molecular weight excluding hydrogens is 240 g/mol. The van der Waals surface area contributed by atoms with E-state index in [1.54, 1.807) is 6.92 Å². The maximum absolute atomic E-state index is 11.6. The molecule has 0 amide bonds. The molecule has 1 aromatic rings. The van der Waals surface area contributed by atoms with E-state index in [4.69, 9.17) is 5.11 Å². The van der Waals surface area contributed by atoms with E-state index in [9.17, 15) is 9.59 Å². The SMILES string of the molecule is CC(C(=O)O)c1cccc(CCC2CCCC2=O)c1. The number of benzene rings is 1. The molecule has 0 heterocycles. The van der Waals surface area contributed by atoms with Gasteiger partial charge in [-0.1, -0.05) is 24.3 Å². The fourth-order valence-electron chi connectivity index (χ4n) is 2.69. The average Bonchev–Trinajstić information content (AvgIpc) is 2.81. The van der Waals surface area contributed by atoms with Crippen molar-refractivity contribution in [2.75, 3.05) is 0 Å². The molecule has 0 saturated heterocycles. The number of carbonyl (C=O) groups excluding carboxylic acids is 1. The van der Waals surface area contributed by atoms with Gasteiger partial charge in [0, 0.05) is 12.3 Å². The number of Topliss-reactive ketones (excluding diaryl/α,β-unsaturated/α-hetero) is 1. The third kappa shape index (κ3) is 3.43. The molecular formula is C16H20O3. The molecule has 102 valence electrons. The summed E-state index contributed by atoms with van der Waals surface area (Å²) >= 11 is 0. The van der Waals surface area contributed by atoms with Gasteiger partial charge >= 0.3 is 5.97 Å². The molecule has 1 N–H and O–H groups in total. The lowest BCUT2D eigenvalue weighted by Crippen LogP contribution is -2.09. The van der Waals surface area contributed by atoms with Crippen LogP contribution in [0.25, 0.3) is 0 Å². The van der Waals surface area contributed by atoms with Gasteiger partial charge in [-0.2, -0.15) is 0 Å². The van der Waals surface area contributed by atoms with Crippen molar-refractivity contribution in [1.29, 1.82) is 0 Å². The number of aryl methyl sites for hydroxylation is 1. The predicted octanol–water partition coefficient (Wildman–Crippen LogP) is 3.18. The highest BCUT2D eigenvalue weighted by atomic mass is 16.4. The van der Waals surface area contributed by atoms with Crippen molar-refractivity contribution in [1.82, 2.24) is 0 Å². The fraction of sp³-hybridized carbons (Fsp3) is 0.500. The Bertz CT molecular complexity index is 479. The number of hydrogen-bond donors (Lipinski definition) is 1. The zero-order chi connectivity index (χ0) is 13.8. The average molecular weight is 260 g/mol. The molecule has 3 nitrogen and oxygen atoms in total. The number of aliphatic carboxylic acids is 1. The van der Waals surface area contributed by atoms with E-state index < -0.39 is 11.9 Å². The smallest absolute Gasteiger partial charge is 0.310 e. The van der Waals surface area contributed by atoms with Crippen molar-refractivity contribution in [3.8, 4) is 0 Å². The second-order valence-corrected chi connectivity index (χ2v) is 5.40. The quantitative estimate of drug-likeness (QED) is 0.884. The van der Waals surface area contributed by atoms with E-state index in [-0.39, 0.29) is 5.92 Å². The lowest BCUT2D eigenvalue weighted by molar-refractivity contribution is -0.138. The molecule has 1 aliphatic carbocycles. The molecule has 2 atom stereocenters. The Hall–Kier alpha value is -1.64. The molecule has 3 heteroatoms. The molecule has 1 aromatic carbocycles. The van der Waals surface area contributed by atoms with Crippen molar-refractivity contribution < 1.29 is 14.7 Å². The van der Waals surface area contributed by atoms with Gasteiger partial charge in [-0.05, 0) is 43.7 Å². The standard InChI is InChI=1S/C16H20O3/c1-11(16(18)19)14-6-2-4-12(10-14)8-9-13-5-3-7-15(13)17/h2,4,6,10-11,13H,3,5,7-9H2,1H3,(H,18,19). The van der Waals surface area contributed by atoms with Crippen LogP contribution in [0.2, 0.25) is 0 Å². The molecule has 1 saturated carbocycles. The van der Waals surface area contributed by atoms with Gasteiger partial charge in [0.05, 0.1) is 5.92 Å². The number of rotatable bonds is 5. The van der Waals surface area contributed by atoms with Gasteiger partial charge in [0.1, 0.15) is 5.78 Å². The van der Waals surface area contributed by atoms with Crippen LogP contribution in [0, 0.1) is 5.92 Å². The zero-order valence-electron chi connectivity index (χ0n) is 11.3. The summed E-state index contributed by atoms with van der Waals surface area (Å²) in [6, 6.07) is 7.72. The third-order valence-corrected chi connectivity index (χ3v) is 4.03. The van der Waals surface area contributed by atoms with Gasteiger partial charge in [0.15, 0.2) is 0 Å². The summed E-state index contributed by atoms with van der Waals surface area (Å²) < 4.78 is 0. The lowest BCUT2D eigenvalue weighted by Gasteiger charge is -2.11. The highest BCUT2D eigenvalue weighted by Crippen LogP contribution is 2.26. The Kier molecular flexibility index (Phi) is 4.35. The fourth-order valence-corrected chi connectivity index (χ4v) is 2.69. The van der Waals surface area contributed by atoms with Crippen LogP contribution >= 0.6 is 0 Å². The summed E-state index contributed by atoms with van der Waals surface area (Å²) in [6.45, 7) is 1.70. The third-order valence-electron chi connectivity index (χ3n) is 4.03. The summed E-state index contributed by atoms with van der Waals surface area (Å²) in [5.74, 6) is -0.660. The maximum Gasteiger partial charge on any atom is 0.310 e. The summed E-state index contributed by atoms with van der Waals surface area (Å²) in [5.41, 5.74) is 1.97. The molecule has 0 spiro atoms. The van der Waals surface area contributed by atoms with E-state index >= 15 is 0 Å². The van der Waals surface area contributed by atoms with Gasteiger partial charge < -0.3 is 5.11 Å². The van der Waals surface area contributed by atoms with Crippen molar-refractivity contribution in [3.63, 3.8) is 0 Å². The molecule has 1 aliphatic rings. The number of hydrogen-bond acceptors (Lipinski definition) is 2. The summed E-state index contributed by atoms with van der Waals surface area (Å²) in [5, 5.41) is 9.02. The van der Waals surface area contributed by atoms with E-state index in [0.29, 0.717) is 5.78 Å². The van der Waals surface area contributed by atoms with E-state index in [1.165, 1.54) is 0 Å². The van der Waals surface area contributed by atoms with Crippen LogP contribution in [0.5, 0.6) is 0 Å². The summed E-state index contributed by atoms with van der Waals surface area (Å²) in [6.07, 6.45) is 4.53. The van der Waals surface area contributed by atoms with Crippen LogP contribution in [-0.2, 0) is 16.0 Å². The molecule has 0 radical (unpaired) electrons. The molecule has 0 bridgehead atoms. The molecule has 2 rings (SSSR count). The largest absolute Gasteiger partial charge is 0.481 e. The second kappa shape index (κ2) is 6.00. The number of carboxylic acid groups (broad SMARTS) is 1. The molecule has 19 heavy (non-hydrogen) atoms. The van der Waals surface area contributed by atoms with Crippen LogP contribution in [0.15, 0.2) is 24.3 Å². The van der Waals surface area contributed by atoms with Crippen molar-refractivity contribution >= 4 is 11.8 Å². The van der Waals surface area contributed by atoms with E-state index in [0.717, 1.165) is 43.2 Å². The summed E-state index contributed by atoms with van der Waals surface area (Å²) in [4.78, 5) is 22.6. The number of carboxylic acids is 1. The Morgan fingerprint density at radius 3 is 2.89 bits per heavy atom. The van der Waals surface area contributed by atoms with Crippen LogP contribution in [0.1, 0.15) is 49.7 Å². The predicted molar refractivity (Wildman–Crippen MR) is 73.2 cm³/mol. The lowest BCUT2D eigenvalue weighted by atomic mass is 9.94. The van der Waals surface area contributed by atoms with Crippen LogP contribution in [0.4, 0.5) is 0 Å². The zero-order valence-corrected chi connectivity index (χ0v) is 11.3. The highest BCUT2D eigenvalue weighted by Gasteiger charge is 2.23. The van der Waals surface area contributed by atoms with Gasteiger partial charge in [-0.25, -0.2) is 0 Å². The maximum atomic E-state index is 11.6. The topological polar surface area (TPSA) is 54.4 Å². The van der Waals surface area contributed by atoms with Crippen molar-refractivity contribution in [3.05, 3.63) is 35.4 Å². The Labute approximate surface area is 113 Å². The number of carbonyl (C=O) groups is 2. The molecule has 1 fully saturated rings. The molecule has 2 unspecified atom stereocenters. The first-order valence-electron chi connectivity index (χ1n) is 6.92. The van der Waals surface area contributed by atoms with Gasteiger partial charge in [0.25, 0.3) is 0 Å². The first-order valence-corrected chi connectivity index (χ1v) is 6.92. The Morgan fingerprint density at radius 1 is 1.47 bits per heavy atom. The van der Waals surface area contributed by atoms with Gasteiger partial charge in [-0.3, -0.25) is 9.59 Å². The normalized spacial score (nSPS) is 20.5. The summed E-state index contributed by atoms with van der Waals surface area (Å²) in [7, 11) is 0. The minimum Gasteiger partial charge on any atom is -0.481 e. The highest BCUT2D eigenvalue weighted by molar-refractivity contribution is 5.82. The van der Waals surface area contributed by atoms with Gasteiger partial charge in [-0.15, -0.1) is 0 Å². The molecule has 0 aliphatic heterocycles. The van der Waals surface area contributed by atoms with Crippen molar-refractivity contribution in [2.45, 2.75) is 44.9 Å². The van der Waals surface area contributed by atoms with Crippen LogP contribution in [-0.4, -0.2) is 16.9 Å². The van der Waals surface area contributed by atoms with E-state index in [2.05, 4.69) is 0 Å². The minimum absolute atomic E-state index is 0.223. The Morgan fingerprint density at radius 2 is 2.26 bits per heavy atom. The van der Waals surface area contributed by atoms with Crippen LogP contribution < -0.4 is 0 Å². The first-order chi connectivity index (χ1) is 9.08. The van der Waals surface area contributed by atoms with Crippen molar-refractivity contribution in [2.24, 2.45) is 5.92 Å². The van der Waals surface area contributed by atoms with Gasteiger partial charge in [0.2, 0.25) is 0 Å². The number of ketones is 1. The molecule has 0 aromatic heterocycles. The first kappa shape index (κ1) is 13.8. The van der Waals surface area contributed by atoms with E-state index in [1.807, 2.05) is 24.3 Å². The Balaban J connectivity index is 1.99. The minimum atomic E-state index is -0.803. The monoisotopic (exact) mass is 260 g/mol. The second-order valence-electron chi connectivity index (χ2n) is 5.40.